The Morgan fingerprint density at radius 2 is 2.30 bits per heavy atom. The first-order valence-corrected chi connectivity index (χ1v) is 5.98. The second-order valence-corrected chi connectivity index (χ2v) is 4.28. The molecule has 0 unspecified atom stereocenters. The van der Waals surface area contributed by atoms with Gasteiger partial charge in [0.25, 0.3) is 0 Å². The minimum absolute atomic E-state index is 0.163. The van der Waals surface area contributed by atoms with E-state index in [-0.39, 0.29) is 11.5 Å². The molecule has 20 heavy (non-hydrogen) atoms. The van der Waals surface area contributed by atoms with Gasteiger partial charge >= 0.3 is 0 Å². The van der Waals surface area contributed by atoms with E-state index in [1.165, 1.54) is 0 Å². The lowest BCUT2D eigenvalue weighted by molar-refractivity contribution is 0.261. The topological polar surface area (TPSA) is 111 Å². The van der Waals surface area contributed by atoms with Crippen molar-refractivity contribution >= 4 is 17.2 Å². The van der Waals surface area contributed by atoms with Gasteiger partial charge < -0.3 is 15.4 Å². The molecule has 0 bridgehead atoms. The van der Waals surface area contributed by atoms with E-state index in [9.17, 15) is 0 Å². The molecule has 1 aromatic carbocycles. The van der Waals surface area contributed by atoms with Crippen molar-refractivity contribution in [3.63, 3.8) is 0 Å². The van der Waals surface area contributed by atoms with Crippen LogP contribution in [0.3, 0.4) is 0 Å². The third-order valence-corrected chi connectivity index (χ3v) is 2.30. The number of nitrogens with two attached hydrogens (primary N) is 1. The molecular formula is C13H18N6O. The number of hydrazone groups is 1. The predicted octanol–water partition coefficient (Wildman–Crippen LogP) is 0.854. The zero-order valence-electron chi connectivity index (χ0n) is 11.6. The molecule has 0 aliphatic rings. The summed E-state index contributed by atoms with van der Waals surface area (Å²) >= 11 is 0. The van der Waals surface area contributed by atoms with Gasteiger partial charge in [0, 0.05) is 12.6 Å². The Balaban J connectivity index is 2.64. The fraction of sp³-hybridized carbons (Fsp3) is 0.308. The van der Waals surface area contributed by atoms with Crippen LogP contribution in [-0.4, -0.2) is 43.7 Å². The third kappa shape index (κ3) is 5.37. The van der Waals surface area contributed by atoms with Crippen LogP contribution in [0.5, 0.6) is 5.75 Å². The number of nitrogens with zero attached hydrogens (tertiary/aromatic N) is 3. The number of amidine groups is 1. The first kappa shape index (κ1) is 15.5. The zero-order chi connectivity index (χ0) is 15.0. The number of anilines is 1. The van der Waals surface area contributed by atoms with Gasteiger partial charge in [-0.25, -0.2) is 0 Å². The Kier molecular flexibility index (Phi) is 6.00. The molecule has 1 aromatic rings. The van der Waals surface area contributed by atoms with Crippen LogP contribution in [-0.2, 0) is 0 Å². The van der Waals surface area contributed by atoms with Crippen molar-refractivity contribution in [2.45, 2.75) is 0 Å². The van der Waals surface area contributed by atoms with Crippen molar-refractivity contribution in [3.8, 4) is 11.8 Å². The molecule has 0 fully saturated rings. The summed E-state index contributed by atoms with van der Waals surface area (Å²) in [6.45, 7) is 1.40. The molecule has 4 N–H and O–H groups in total. The standard InChI is InChI=1S/C13H18N6O/c1-19(2)6-7-20-11-5-3-4-10(8-11)17-18-12(9-14)13(15)16/h3-5,8,17H,6-7H2,1-2H3,(H3,15,16)/b18-12+. The second-order valence-electron chi connectivity index (χ2n) is 4.28. The summed E-state index contributed by atoms with van der Waals surface area (Å²) in [5, 5.41) is 19.6. The molecular weight excluding hydrogens is 256 g/mol. The van der Waals surface area contributed by atoms with Crippen molar-refractivity contribution in [2.75, 3.05) is 32.7 Å². The molecule has 0 aromatic heterocycles. The highest BCUT2D eigenvalue weighted by molar-refractivity contribution is 6.45. The van der Waals surface area contributed by atoms with Gasteiger partial charge in [0.05, 0.1) is 5.69 Å². The molecule has 0 radical (unpaired) electrons. The molecule has 0 saturated carbocycles. The van der Waals surface area contributed by atoms with Gasteiger partial charge in [-0.05, 0) is 26.2 Å². The molecule has 7 nitrogen and oxygen atoms in total. The van der Waals surface area contributed by atoms with E-state index in [4.69, 9.17) is 21.1 Å². The second kappa shape index (κ2) is 7.76. The summed E-state index contributed by atoms with van der Waals surface area (Å²) in [6.07, 6.45) is 0. The number of benzene rings is 1. The third-order valence-electron chi connectivity index (χ3n) is 2.30. The highest BCUT2D eigenvalue weighted by Gasteiger charge is 2.01. The van der Waals surface area contributed by atoms with Gasteiger partial charge in [-0.2, -0.15) is 10.4 Å². The van der Waals surface area contributed by atoms with E-state index in [1.54, 1.807) is 18.2 Å². The summed E-state index contributed by atoms with van der Waals surface area (Å²) in [4.78, 5) is 2.03. The van der Waals surface area contributed by atoms with E-state index < -0.39 is 0 Å². The van der Waals surface area contributed by atoms with Crippen molar-refractivity contribution in [3.05, 3.63) is 24.3 Å². The average Bonchev–Trinajstić information content (AvgIpc) is 2.39. The number of ether oxygens (including phenoxy) is 1. The minimum Gasteiger partial charge on any atom is -0.492 e. The van der Waals surface area contributed by atoms with Crippen LogP contribution in [0.25, 0.3) is 0 Å². The van der Waals surface area contributed by atoms with Crippen molar-refractivity contribution in [1.82, 2.24) is 4.90 Å². The number of likely N-dealkylation sites (N-methyl/N-ethyl adjacent to an activating group) is 1. The molecule has 0 heterocycles. The van der Waals surface area contributed by atoms with Crippen LogP contribution in [0.4, 0.5) is 5.69 Å². The number of rotatable bonds is 7. The van der Waals surface area contributed by atoms with Crippen LogP contribution in [0.1, 0.15) is 0 Å². The van der Waals surface area contributed by atoms with E-state index in [0.717, 1.165) is 6.54 Å². The highest BCUT2D eigenvalue weighted by atomic mass is 16.5. The number of hydrogen-bond acceptors (Lipinski definition) is 6. The largest absolute Gasteiger partial charge is 0.492 e. The van der Waals surface area contributed by atoms with Crippen LogP contribution in [0.15, 0.2) is 29.4 Å². The van der Waals surface area contributed by atoms with Crippen molar-refractivity contribution in [2.24, 2.45) is 10.8 Å². The lowest BCUT2D eigenvalue weighted by Crippen LogP contribution is -2.21. The van der Waals surface area contributed by atoms with Gasteiger partial charge in [-0.1, -0.05) is 6.07 Å². The molecule has 0 amide bonds. The maximum absolute atomic E-state index is 8.73. The van der Waals surface area contributed by atoms with Gasteiger partial charge in [0.1, 0.15) is 18.4 Å². The first-order chi connectivity index (χ1) is 9.52. The molecule has 0 spiro atoms. The van der Waals surface area contributed by atoms with E-state index in [0.29, 0.717) is 18.0 Å². The van der Waals surface area contributed by atoms with Gasteiger partial charge in [-0.3, -0.25) is 10.8 Å². The Morgan fingerprint density at radius 3 is 2.90 bits per heavy atom. The quantitative estimate of drug-likeness (QED) is 0.388. The normalized spacial score (nSPS) is 11.0. The molecule has 7 heteroatoms. The number of nitriles is 1. The fourth-order valence-electron chi connectivity index (χ4n) is 1.27. The number of nitrogens with one attached hydrogen (secondary N) is 2. The lowest BCUT2D eigenvalue weighted by atomic mass is 10.3. The van der Waals surface area contributed by atoms with E-state index >= 15 is 0 Å². The highest BCUT2D eigenvalue weighted by Crippen LogP contribution is 2.17. The SMILES string of the molecule is CN(C)CCOc1cccc(N/N=C(\C#N)C(=N)N)c1. The number of hydrogen-bond donors (Lipinski definition) is 3. The summed E-state index contributed by atoms with van der Waals surface area (Å²) in [5.74, 6) is 0.326. The van der Waals surface area contributed by atoms with Crippen LogP contribution in [0.2, 0.25) is 0 Å². The monoisotopic (exact) mass is 274 g/mol. The average molecular weight is 274 g/mol. The van der Waals surface area contributed by atoms with E-state index in [2.05, 4.69) is 10.5 Å². The maximum atomic E-state index is 8.73. The fourth-order valence-corrected chi connectivity index (χ4v) is 1.27. The summed E-state index contributed by atoms with van der Waals surface area (Å²) in [6, 6.07) is 8.91. The van der Waals surface area contributed by atoms with E-state index in [1.807, 2.05) is 31.1 Å². The van der Waals surface area contributed by atoms with Gasteiger partial charge in [0.15, 0.2) is 5.84 Å². The van der Waals surface area contributed by atoms with Crippen molar-refractivity contribution < 1.29 is 4.74 Å². The van der Waals surface area contributed by atoms with Crippen molar-refractivity contribution in [1.29, 1.82) is 10.7 Å². The molecule has 106 valence electrons. The summed E-state index contributed by atoms with van der Waals surface area (Å²) in [5.41, 5.74) is 8.36. The molecule has 1 rings (SSSR count). The molecule has 0 atom stereocenters. The zero-order valence-corrected chi connectivity index (χ0v) is 11.6. The smallest absolute Gasteiger partial charge is 0.201 e. The predicted molar refractivity (Wildman–Crippen MR) is 79.1 cm³/mol. The molecule has 0 aliphatic heterocycles. The van der Waals surface area contributed by atoms with Gasteiger partial charge in [0.2, 0.25) is 5.71 Å². The Hall–Kier alpha value is -2.59. The Bertz CT molecular complexity index is 532. The molecule has 0 aliphatic carbocycles. The first-order valence-electron chi connectivity index (χ1n) is 5.98. The summed E-state index contributed by atoms with van der Waals surface area (Å²) < 4.78 is 5.58. The summed E-state index contributed by atoms with van der Waals surface area (Å²) in [7, 11) is 3.95. The van der Waals surface area contributed by atoms with Crippen LogP contribution >= 0.6 is 0 Å². The maximum Gasteiger partial charge on any atom is 0.201 e. The van der Waals surface area contributed by atoms with Crippen LogP contribution < -0.4 is 15.9 Å². The lowest BCUT2D eigenvalue weighted by Gasteiger charge is -2.11. The minimum atomic E-state index is -0.376. The van der Waals surface area contributed by atoms with Crippen LogP contribution in [0, 0.1) is 16.7 Å². The Morgan fingerprint density at radius 1 is 1.55 bits per heavy atom. The van der Waals surface area contributed by atoms with Gasteiger partial charge in [-0.15, -0.1) is 0 Å². The Labute approximate surface area is 118 Å². The molecule has 0 saturated heterocycles.